The van der Waals surface area contributed by atoms with E-state index in [1.807, 2.05) is 38.4 Å². The van der Waals surface area contributed by atoms with Crippen molar-refractivity contribution in [3.05, 3.63) is 52.0 Å². The molecule has 0 aliphatic carbocycles. The van der Waals surface area contributed by atoms with Crippen molar-refractivity contribution in [2.45, 2.75) is 20.0 Å². The van der Waals surface area contributed by atoms with E-state index in [1.54, 1.807) is 18.4 Å². The molecule has 1 aromatic carbocycles. The van der Waals surface area contributed by atoms with Crippen LogP contribution in [0, 0.1) is 6.92 Å². The summed E-state index contributed by atoms with van der Waals surface area (Å²) in [6.07, 6.45) is 0. The van der Waals surface area contributed by atoms with E-state index in [0.717, 1.165) is 33.6 Å². The number of aromatic nitrogens is 1. The standard InChI is InChI=1S/C19H23N3O2S/c1-12-8-16-18(25-12)15(11-22(2)3)17(21-16)19(23)20-10-13-6-5-7-14(9-13)24-4/h5-9,21H,10-11H2,1-4H3,(H,20,23). The Morgan fingerprint density at radius 3 is 2.84 bits per heavy atom. The Morgan fingerprint density at radius 2 is 2.12 bits per heavy atom. The maximum atomic E-state index is 12.7. The van der Waals surface area contributed by atoms with E-state index in [-0.39, 0.29) is 5.91 Å². The summed E-state index contributed by atoms with van der Waals surface area (Å²) in [5.74, 6) is 0.705. The molecule has 2 N–H and O–H groups in total. The lowest BCUT2D eigenvalue weighted by Crippen LogP contribution is -2.25. The number of rotatable bonds is 6. The molecule has 0 fully saturated rings. The number of amides is 1. The van der Waals surface area contributed by atoms with E-state index in [4.69, 9.17) is 4.74 Å². The van der Waals surface area contributed by atoms with Crippen LogP contribution in [0.15, 0.2) is 30.3 Å². The third-order valence-corrected chi connectivity index (χ3v) is 5.09. The Labute approximate surface area is 151 Å². The van der Waals surface area contributed by atoms with Crippen molar-refractivity contribution in [2.24, 2.45) is 0 Å². The van der Waals surface area contributed by atoms with Crippen molar-refractivity contribution >= 4 is 27.5 Å². The Hall–Kier alpha value is -2.31. The van der Waals surface area contributed by atoms with Gasteiger partial charge in [-0.25, -0.2) is 0 Å². The van der Waals surface area contributed by atoms with Crippen molar-refractivity contribution in [1.82, 2.24) is 15.2 Å². The summed E-state index contributed by atoms with van der Waals surface area (Å²) in [4.78, 5) is 19.4. The van der Waals surface area contributed by atoms with E-state index >= 15 is 0 Å². The number of fused-ring (bicyclic) bond motifs is 1. The Morgan fingerprint density at radius 1 is 1.32 bits per heavy atom. The lowest BCUT2D eigenvalue weighted by atomic mass is 10.2. The summed E-state index contributed by atoms with van der Waals surface area (Å²) >= 11 is 1.72. The Kier molecular flexibility index (Phi) is 5.11. The van der Waals surface area contributed by atoms with Crippen molar-refractivity contribution in [2.75, 3.05) is 21.2 Å². The topological polar surface area (TPSA) is 57.4 Å². The van der Waals surface area contributed by atoms with Crippen LogP contribution in [0.5, 0.6) is 5.75 Å². The first-order valence-electron chi connectivity index (χ1n) is 8.14. The molecule has 132 valence electrons. The molecule has 0 radical (unpaired) electrons. The van der Waals surface area contributed by atoms with Gasteiger partial charge in [0.15, 0.2) is 0 Å². The number of benzene rings is 1. The molecule has 6 heteroatoms. The van der Waals surface area contributed by atoms with Crippen LogP contribution in [0.3, 0.4) is 0 Å². The number of thiophene rings is 1. The number of ether oxygens (including phenoxy) is 1. The summed E-state index contributed by atoms with van der Waals surface area (Å²) < 4.78 is 6.39. The first kappa shape index (κ1) is 17.5. The fourth-order valence-corrected chi connectivity index (χ4v) is 3.88. The highest BCUT2D eigenvalue weighted by Crippen LogP contribution is 2.31. The van der Waals surface area contributed by atoms with Crippen LogP contribution in [-0.2, 0) is 13.1 Å². The molecule has 25 heavy (non-hydrogen) atoms. The molecule has 0 saturated carbocycles. The number of carbonyl (C=O) groups is 1. The Bertz CT molecular complexity index is 895. The lowest BCUT2D eigenvalue weighted by Gasteiger charge is -2.11. The molecule has 0 aliphatic rings. The van der Waals surface area contributed by atoms with Crippen molar-refractivity contribution in [3.8, 4) is 5.75 Å². The fourth-order valence-electron chi connectivity index (χ4n) is 2.87. The number of hydrogen-bond donors (Lipinski definition) is 2. The minimum atomic E-state index is -0.0827. The van der Waals surface area contributed by atoms with Crippen LogP contribution in [0.1, 0.15) is 26.5 Å². The maximum Gasteiger partial charge on any atom is 0.268 e. The zero-order valence-electron chi connectivity index (χ0n) is 15.0. The lowest BCUT2D eigenvalue weighted by molar-refractivity contribution is 0.0945. The van der Waals surface area contributed by atoms with E-state index in [0.29, 0.717) is 12.2 Å². The zero-order valence-corrected chi connectivity index (χ0v) is 15.8. The number of nitrogens with zero attached hydrogens (tertiary/aromatic N) is 1. The van der Waals surface area contributed by atoms with Crippen LogP contribution in [0.4, 0.5) is 0 Å². The van der Waals surface area contributed by atoms with E-state index in [1.165, 1.54) is 4.88 Å². The third-order valence-electron chi connectivity index (χ3n) is 3.98. The van der Waals surface area contributed by atoms with Crippen molar-refractivity contribution < 1.29 is 9.53 Å². The number of nitrogens with one attached hydrogen (secondary N) is 2. The molecule has 0 saturated heterocycles. The van der Waals surface area contributed by atoms with Gasteiger partial charge in [0, 0.05) is 23.5 Å². The number of hydrogen-bond acceptors (Lipinski definition) is 4. The van der Waals surface area contributed by atoms with Gasteiger partial charge in [0.05, 0.1) is 17.3 Å². The van der Waals surface area contributed by atoms with E-state index in [2.05, 4.69) is 28.2 Å². The molecule has 5 nitrogen and oxygen atoms in total. The first-order chi connectivity index (χ1) is 12.0. The Balaban J connectivity index is 1.82. The number of methoxy groups -OCH3 is 1. The smallest absolute Gasteiger partial charge is 0.268 e. The summed E-state index contributed by atoms with van der Waals surface area (Å²) in [6.45, 7) is 3.27. The summed E-state index contributed by atoms with van der Waals surface area (Å²) in [5.41, 5.74) is 3.75. The molecule has 0 unspecified atom stereocenters. The first-order valence-corrected chi connectivity index (χ1v) is 8.96. The normalized spacial score (nSPS) is 11.2. The largest absolute Gasteiger partial charge is 0.497 e. The molecule has 2 aromatic heterocycles. The van der Waals surface area contributed by atoms with Gasteiger partial charge in [0.2, 0.25) is 0 Å². The highest BCUT2D eigenvalue weighted by molar-refractivity contribution is 7.19. The highest BCUT2D eigenvalue weighted by atomic mass is 32.1. The molecule has 0 aliphatic heterocycles. The van der Waals surface area contributed by atoms with Crippen LogP contribution in [0.25, 0.3) is 10.2 Å². The number of carbonyl (C=O) groups excluding carboxylic acids is 1. The minimum absolute atomic E-state index is 0.0827. The highest BCUT2D eigenvalue weighted by Gasteiger charge is 2.19. The average Bonchev–Trinajstić information content (AvgIpc) is 3.10. The summed E-state index contributed by atoms with van der Waals surface area (Å²) in [6, 6.07) is 9.81. The van der Waals surface area contributed by atoms with Gasteiger partial charge in [-0.3, -0.25) is 4.79 Å². The molecule has 3 aromatic rings. The minimum Gasteiger partial charge on any atom is -0.497 e. The second kappa shape index (κ2) is 7.29. The molecular formula is C19H23N3O2S. The van der Waals surface area contributed by atoms with Crippen LogP contribution >= 0.6 is 11.3 Å². The zero-order chi connectivity index (χ0) is 18.0. The quantitative estimate of drug-likeness (QED) is 0.709. The van der Waals surface area contributed by atoms with Gasteiger partial charge in [-0.1, -0.05) is 12.1 Å². The van der Waals surface area contributed by atoms with Crippen LogP contribution in [-0.4, -0.2) is 37.0 Å². The maximum absolute atomic E-state index is 12.7. The number of aryl methyl sites for hydroxylation is 1. The van der Waals surface area contributed by atoms with Crippen molar-refractivity contribution in [3.63, 3.8) is 0 Å². The van der Waals surface area contributed by atoms with Gasteiger partial charge >= 0.3 is 0 Å². The van der Waals surface area contributed by atoms with Gasteiger partial charge in [-0.15, -0.1) is 11.3 Å². The predicted octanol–water partition coefficient (Wildman–Crippen LogP) is 3.54. The SMILES string of the molecule is COc1cccc(CNC(=O)c2[nH]c3cc(C)sc3c2CN(C)C)c1. The fraction of sp³-hybridized carbons (Fsp3) is 0.316. The second-order valence-electron chi connectivity index (χ2n) is 6.35. The molecule has 1 amide bonds. The molecule has 3 rings (SSSR count). The van der Waals surface area contributed by atoms with E-state index < -0.39 is 0 Å². The van der Waals surface area contributed by atoms with Gasteiger partial charge in [-0.05, 0) is 44.8 Å². The number of H-pyrrole nitrogens is 1. The van der Waals surface area contributed by atoms with Gasteiger partial charge in [0.25, 0.3) is 5.91 Å². The van der Waals surface area contributed by atoms with Crippen LogP contribution in [0.2, 0.25) is 0 Å². The number of aromatic amines is 1. The second-order valence-corrected chi connectivity index (χ2v) is 7.61. The van der Waals surface area contributed by atoms with E-state index in [9.17, 15) is 4.79 Å². The summed E-state index contributed by atoms with van der Waals surface area (Å²) in [7, 11) is 5.66. The monoisotopic (exact) mass is 357 g/mol. The molecular weight excluding hydrogens is 334 g/mol. The predicted molar refractivity (Wildman–Crippen MR) is 102 cm³/mol. The summed E-state index contributed by atoms with van der Waals surface area (Å²) in [5, 5.41) is 3.01. The molecule has 0 spiro atoms. The third kappa shape index (κ3) is 3.86. The van der Waals surface area contributed by atoms with Gasteiger partial charge in [-0.2, -0.15) is 0 Å². The van der Waals surface area contributed by atoms with Crippen molar-refractivity contribution in [1.29, 1.82) is 0 Å². The molecule has 0 atom stereocenters. The van der Waals surface area contributed by atoms with Crippen LogP contribution < -0.4 is 10.1 Å². The average molecular weight is 357 g/mol. The van der Waals surface area contributed by atoms with Gasteiger partial charge in [0.1, 0.15) is 11.4 Å². The van der Waals surface area contributed by atoms with Gasteiger partial charge < -0.3 is 19.9 Å². The molecule has 0 bridgehead atoms. The molecule has 2 heterocycles.